The minimum atomic E-state index is -0.995. The van der Waals surface area contributed by atoms with E-state index < -0.39 is 12.0 Å². The molecule has 0 unspecified atom stereocenters. The van der Waals surface area contributed by atoms with Crippen LogP contribution in [-0.2, 0) is 11.2 Å². The second-order valence-electron chi connectivity index (χ2n) is 4.98. The van der Waals surface area contributed by atoms with Gasteiger partial charge in [-0.1, -0.05) is 27.2 Å². The monoisotopic (exact) mass is 283 g/mol. The highest BCUT2D eigenvalue weighted by Crippen LogP contribution is 2.23. The van der Waals surface area contributed by atoms with Gasteiger partial charge in [-0.25, -0.2) is 4.79 Å². The summed E-state index contributed by atoms with van der Waals surface area (Å²) in [6.07, 6.45) is 1.98. The number of carbonyl (C=O) groups is 2. The number of carboxylic acids is 1. The Labute approximate surface area is 117 Å². The summed E-state index contributed by atoms with van der Waals surface area (Å²) in [4.78, 5) is 24.9. The lowest BCUT2D eigenvalue weighted by Crippen LogP contribution is -2.44. The molecule has 0 bridgehead atoms. The van der Waals surface area contributed by atoms with Crippen molar-refractivity contribution in [3.63, 3.8) is 0 Å². The first kappa shape index (κ1) is 15.7. The summed E-state index contributed by atoms with van der Waals surface area (Å²) in [7, 11) is 0. The predicted octanol–water partition coefficient (Wildman–Crippen LogP) is 2.85. The summed E-state index contributed by atoms with van der Waals surface area (Å²) < 4.78 is 0. The molecule has 1 aromatic heterocycles. The Hall–Kier alpha value is -1.36. The zero-order chi connectivity index (χ0) is 14.6. The number of thiophene rings is 1. The number of amides is 1. The van der Waals surface area contributed by atoms with Gasteiger partial charge in [0.1, 0.15) is 6.04 Å². The zero-order valence-corrected chi connectivity index (χ0v) is 12.6. The molecule has 19 heavy (non-hydrogen) atoms. The van der Waals surface area contributed by atoms with Crippen LogP contribution < -0.4 is 5.32 Å². The maximum atomic E-state index is 12.1. The van der Waals surface area contributed by atoms with Gasteiger partial charge in [0.15, 0.2) is 0 Å². The van der Waals surface area contributed by atoms with E-state index in [0.717, 1.165) is 17.7 Å². The lowest BCUT2D eigenvalue weighted by atomic mass is 10.0. The summed E-state index contributed by atoms with van der Waals surface area (Å²) in [5.74, 6) is -1.43. The quantitative estimate of drug-likeness (QED) is 0.843. The van der Waals surface area contributed by atoms with Crippen LogP contribution in [0.5, 0.6) is 0 Å². The van der Waals surface area contributed by atoms with Crippen molar-refractivity contribution in [2.24, 2.45) is 5.92 Å². The van der Waals surface area contributed by atoms with Gasteiger partial charge < -0.3 is 10.4 Å². The number of nitrogens with one attached hydrogen (secondary N) is 1. The van der Waals surface area contributed by atoms with Crippen molar-refractivity contribution < 1.29 is 14.7 Å². The maximum Gasteiger partial charge on any atom is 0.326 e. The molecular formula is C14H21NO3S. The van der Waals surface area contributed by atoms with Gasteiger partial charge in [-0.3, -0.25) is 4.79 Å². The van der Waals surface area contributed by atoms with Gasteiger partial charge in [-0.15, -0.1) is 11.3 Å². The minimum absolute atomic E-state index is 0.141. The van der Waals surface area contributed by atoms with Gasteiger partial charge in [0, 0.05) is 4.88 Å². The molecule has 0 aliphatic rings. The number of carbonyl (C=O) groups excluding carboxylic acids is 1. The number of aryl methyl sites for hydroxylation is 2. The van der Waals surface area contributed by atoms with Crippen molar-refractivity contribution in [3.8, 4) is 0 Å². The first-order valence-electron chi connectivity index (χ1n) is 6.49. The summed E-state index contributed by atoms with van der Waals surface area (Å²) in [5.41, 5.74) is 1.18. The van der Waals surface area contributed by atoms with Crippen LogP contribution in [0.4, 0.5) is 0 Å². The van der Waals surface area contributed by atoms with E-state index in [0.29, 0.717) is 4.88 Å². The predicted molar refractivity (Wildman–Crippen MR) is 76.8 cm³/mol. The summed E-state index contributed by atoms with van der Waals surface area (Å²) in [5, 5.41) is 11.7. The number of hydrogen-bond donors (Lipinski definition) is 2. The fourth-order valence-electron chi connectivity index (χ4n) is 1.88. The minimum Gasteiger partial charge on any atom is -0.480 e. The van der Waals surface area contributed by atoms with E-state index in [9.17, 15) is 9.59 Å². The van der Waals surface area contributed by atoms with E-state index in [-0.39, 0.29) is 11.8 Å². The van der Waals surface area contributed by atoms with E-state index in [1.807, 2.05) is 13.0 Å². The maximum absolute atomic E-state index is 12.1. The number of hydrogen-bond acceptors (Lipinski definition) is 3. The van der Waals surface area contributed by atoms with Crippen molar-refractivity contribution in [2.75, 3.05) is 0 Å². The molecular weight excluding hydrogens is 262 g/mol. The molecule has 0 saturated carbocycles. The van der Waals surface area contributed by atoms with Crippen LogP contribution in [0.25, 0.3) is 0 Å². The van der Waals surface area contributed by atoms with Gasteiger partial charge in [-0.2, -0.15) is 0 Å². The van der Waals surface area contributed by atoms with Crippen LogP contribution >= 0.6 is 11.3 Å². The third-order valence-electron chi connectivity index (χ3n) is 2.98. The smallest absolute Gasteiger partial charge is 0.326 e. The Balaban J connectivity index is 2.83. The van der Waals surface area contributed by atoms with Crippen LogP contribution in [0.15, 0.2) is 6.07 Å². The van der Waals surface area contributed by atoms with Crippen LogP contribution in [0, 0.1) is 12.8 Å². The summed E-state index contributed by atoms with van der Waals surface area (Å²) >= 11 is 1.42. The normalized spacial score (nSPS) is 12.5. The number of rotatable bonds is 6. The molecule has 106 valence electrons. The van der Waals surface area contributed by atoms with Crippen LogP contribution in [0.2, 0.25) is 0 Å². The van der Waals surface area contributed by atoms with Crippen LogP contribution in [-0.4, -0.2) is 23.0 Å². The molecule has 5 heteroatoms. The van der Waals surface area contributed by atoms with E-state index >= 15 is 0 Å². The van der Waals surface area contributed by atoms with Gasteiger partial charge in [0.05, 0.1) is 4.88 Å². The van der Waals surface area contributed by atoms with E-state index in [2.05, 4.69) is 12.2 Å². The third-order valence-corrected chi connectivity index (χ3v) is 4.07. The second kappa shape index (κ2) is 6.70. The zero-order valence-electron chi connectivity index (χ0n) is 11.8. The van der Waals surface area contributed by atoms with Gasteiger partial charge in [-0.05, 0) is 30.9 Å². The second-order valence-corrected chi connectivity index (χ2v) is 6.23. The van der Waals surface area contributed by atoms with Crippen molar-refractivity contribution in [3.05, 3.63) is 21.4 Å². The Kier molecular flexibility index (Phi) is 5.54. The molecule has 2 N–H and O–H groups in total. The molecule has 4 nitrogen and oxygen atoms in total. The fourth-order valence-corrected chi connectivity index (χ4v) is 2.85. The van der Waals surface area contributed by atoms with Crippen molar-refractivity contribution in [1.82, 2.24) is 5.32 Å². The summed E-state index contributed by atoms with van der Waals surface area (Å²) in [6, 6.07) is 1.03. The molecule has 0 aromatic carbocycles. The number of aliphatic carboxylic acids is 1. The topological polar surface area (TPSA) is 66.4 Å². The van der Waals surface area contributed by atoms with Crippen LogP contribution in [0.1, 0.15) is 47.3 Å². The largest absolute Gasteiger partial charge is 0.480 e. The molecule has 0 aliphatic carbocycles. The average molecular weight is 283 g/mol. The lowest BCUT2D eigenvalue weighted by Gasteiger charge is -2.17. The molecule has 0 spiro atoms. The summed E-state index contributed by atoms with van der Waals surface area (Å²) in [6.45, 7) is 7.64. The molecule has 1 aromatic rings. The van der Waals surface area contributed by atoms with Gasteiger partial charge >= 0.3 is 5.97 Å². The first-order valence-corrected chi connectivity index (χ1v) is 7.31. The number of carboxylic acid groups (broad SMARTS) is 1. The van der Waals surface area contributed by atoms with Crippen molar-refractivity contribution in [2.45, 2.75) is 46.6 Å². The Morgan fingerprint density at radius 2 is 2.05 bits per heavy atom. The van der Waals surface area contributed by atoms with Gasteiger partial charge in [0.2, 0.25) is 0 Å². The molecule has 0 fully saturated rings. The highest BCUT2D eigenvalue weighted by atomic mass is 32.1. The highest BCUT2D eigenvalue weighted by molar-refractivity contribution is 7.14. The fraction of sp³-hybridized carbons (Fsp3) is 0.571. The molecule has 0 aliphatic heterocycles. The van der Waals surface area contributed by atoms with Gasteiger partial charge in [0.25, 0.3) is 5.91 Å². The molecule has 0 saturated heterocycles. The SMILES string of the molecule is CCCc1cc(C(=O)N[C@@H](C(=O)O)C(C)C)sc1C. The molecule has 1 atom stereocenters. The van der Waals surface area contributed by atoms with Crippen molar-refractivity contribution in [1.29, 1.82) is 0 Å². The molecule has 0 radical (unpaired) electrons. The Bertz CT molecular complexity index is 465. The molecule has 1 rings (SSSR count). The standard InChI is InChI=1S/C14H21NO3S/c1-5-6-10-7-11(19-9(10)4)13(16)15-12(8(2)3)14(17)18/h7-8,12H,5-6H2,1-4H3,(H,15,16)(H,17,18)/t12-/m1/s1. The van der Waals surface area contributed by atoms with Crippen molar-refractivity contribution >= 4 is 23.2 Å². The Morgan fingerprint density at radius 1 is 1.42 bits per heavy atom. The third kappa shape index (κ3) is 4.06. The lowest BCUT2D eigenvalue weighted by molar-refractivity contribution is -0.140. The molecule has 1 amide bonds. The van der Waals surface area contributed by atoms with Crippen LogP contribution in [0.3, 0.4) is 0 Å². The molecule has 1 heterocycles. The Morgan fingerprint density at radius 3 is 2.53 bits per heavy atom. The first-order chi connectivity index (χ1) is 8.86. The van der Waals surface area contributed by atoms with E-state index in [4.69, 9.17) is 5.11 Å². The highest BCUT2D eigenvalue weighted by Gasteiger charge is 2.24. The van der Waals surface area contributed by atoms with E-state index in [1.165, 1.54) is 16.9 Å². The average Bonchev–Trinajstić information content (AvgIpc) is 2.67. The van der Waals surface area contributed by atoms with E-state index in [1.54, 1.807) is 13.8 Å².